The molecule has 34 heavy (non-hydrogen) atoms. The number of aryl methyl sites for hydroxylation is 1. The van der Waals surface area contributed by atoms with Gasteiger partial charge in [0.1, 0.15) is 11.4 Å². The van der Waals surface area contributed by atoms with Crippen molar-refractivity contribution < 1.29 is 23.8 Å². The Morgan fingerprint density at radius 3 is 2.15 bits per heavy atom. The summed E-state index contributed by atoms with van der Waals surface area (Å²) in [6.45, 7) is 3.84. The second-order valence-corrected chi connectivity index (χ2v) is 7.81. The molecule has 0 unspecified atom stereocenters. The molecule has 0 fully saturated rings. The maximum Gasteiger partial charge on any atom is 0.282 e. The molecule has 0 saturated heterocycles. The molecule has 3 aromatic carbocycles. The maximum atomic E-state index is 13.8. The molecule has 0 saturated carbocycles. The van der Waals surface area contributed by atoms with Gasteiger partial charge in [-0.25, -0.2) is 4.90 Å². The van der Waals surface area contributed by atoms with E-state index in [9.17, 15) is 9.59 Å². The summed E-state index contributed by atoms with van der Waals surface area (Å²) in [6.07, 6.45) is 0. The van der Waals surface area contributed by atoms with Gasteiger partial charge < -0.3 is 19.5 Å². The van der Waals surface area contributed by atoms with E-state index >= 15 is 0 Å². The number of anilines is 2. The van der Waals surface area contributed by atoms with Gasteiger partial charge in [0, 0.05) is 17.3 Å². The molecule has 4 rings (SSSR count). The fraction of sp³-hybridized carbons (Fsp3) is 0.185. The molecule has 0 aromatic heterocycles. The minimum atomic E-state index is -0.450. The maximum absolute atomic E-state index is 13.8. The van der Waals surface area contributed by atoms with Crippen molar-refractivity contribution >= 4 is 28.8 Å². The van der Waals surface area contributed by atoms with Crippen molar-refractivity contribution in [1.82, 2.24) is 0 Å². The van der Waals surface area contributed by atoms with E-state index in [2.05, 4.69) is 5.32 Å². The molecule has 7 heteroatoms. The summed E-state index contributed by atoms with van der Waals surface area (Å²) in [5.41, 5.74) is 3.88. The Morgan fingerprint density at radius 1 is 0.735 bits per heavy atom. The van der Waals surface area contributed by atoms with Gasteiger partial charge in [0.15, 0.2) is 11.5 Å². The lowest BCUT2D eigenvalue weighted by Gasteiger charge is -2.19. The molecule has 3 aromatic rings. The highest BCUT2D eigenvalue weighted by molar-refractivity contribution is 6.46. The second-order valence-electron chi connectivity index (χ2n) is 7.81. The Morgan fingerprint density at radius 2 is 1.44 bits per heavy atom. The first-order valence-electron chi connectivity index (χ1n) is 10.7. The van der Waals surface area contributed by atoms with E-state index in [1.165, 1.54) is 19.1 Å². The van der Waals surface area contributed by atoms with Crippen molar-refractivity contribution in [2.24, 2.45) is 0 Å². The van der Waals surface area contributed by atoms with Gasteiger partial charge in [-0.15, -0.1) is 0 Å². The average Bonchev–Trinajstić information content (AvgIpc) is 3.09. The Bertz CT molecular complexity index is 1310. The number of imide groups is 1. The molecule has 0 radical (unpaired) electrons. The van der Waals surface area contributed by atoms with Crippen molar-refractivity contribution in [3.05, 3.63) is 83.1 Å². The zero-order valence-corrected chi connectivity index (χ0v) is 19.8. The van der Waals surface area contributed by atoms with Crippen molar-refractivity contribution in [3.8, 4) is 17.2 Å². The molecule has 1 N–H and O–H groups in total. The third kappa shape index (κ3) is 3.85. The van der Waals surface area contributed by atoms with Crippen LogP contribution in [0.3, 0.4) is 0 Å². The largest absolute Gasteiger partial charge is 0.496 e. The van der Waals surface area contributed by atoms with E-state index in [0.717, 1.165) is 11.1 Å². The molecule has 1 heterocycles. The van der Waals surface area contributed by atoms with Crippen molar-refractivity contribution in [3.63, 3.8) is 0 Å². The lowest BCUT2D eigenvalue weighted by molar-refractivity contribution is -0.120. The molecular weight excluding hydrogens is 432 g/mol. The van der Waals surface area contributed by atoms with Crippen LogP contribution in [0, 0.1) is 13.8 Å². The summed E-state index contributed by atoms with van der Waals surface area (Å²) in [5.74, 6) is 0.668. The number of amides is 2. The van der Waals surface area contributed by atoms with Crippen LogP contribution in [0.1, 0.15) is 16.7 Å². The third-order valence-electron chi connectivity index (χ3n) is 5.93. The SMILES string of the molecule is COc1ccc(NC2=C(c3ccccc3OC)C(=O)N(c3cccc(C)c3C)C2=O)cc1OC. The van der Waals surface area contributed by atoms with Crippen LogP contribution < -0.4 is 24.4 Å². The van der Waals surface area contributed by atoms with Crippen LogP contribution >= 0.6 is 0 Å². The first-order chi connectivity index (χ1) is 16.4. The molecule has 174 valence electrons. The number of rotatable bonds is 7. The Labute approximate surface area is 198 Å². The summed E-state index contributed by atoms with van der Waals surface area (Å²) in [4.78, 5) is 28.7. The monoisotopic (exact) mass is 458 g/mol. The standard InChI is InChI=1S/C27H26N2O5/c1-16-9-8-11-20(17(16)2)29-26(30)24(19-10-6-7-12-21(19)32-3)25(27(29)31)28-18-13-14-22(33-4)23(15-18)34-5/h6-15,28H,1-5H3. The van der Waals surface area contributed by atoms with Crippen LogP contribution in [0.5, 0.6) is 17.2 Å². The number of nitrogens with zero attached hydrogens (tertiary/aromatic N) is 1. The Balaban J connectivity index is 1.88. The fourth-order valence-corrected chi connectivity index (χ4v) is 4.00. The number of hydrogen-bond acceptors (Lipinski definition) is 6. The van der Waals surface area contributed by atoms with Crippen LogP contribution in [0.4, 0.5) is 11.4 Å². The average molecular weight is 459 g/mol. The van der Waals surface area contributed by atoms with Gasteiger partial charge in [-0.2, -0.15) is 0 Å². The summed E-state index contributed by atoms with van der Waals surface area (Å²) < 4.78 is 16.2. The molecular formula is C27H26N2O5. The van der Waals surface area contributed by atoms with Gasteiger partial charge in [0.2, 0.25) is 0 Å². The summed E-state index contributed by atoms with van der Waals surface area (Å²) in [5, 5.41) is 3.16. The Hall–Kier alpha value is -4.26. The van der Waals surface area contributed by atoms with Crippen molar-refractivity contribution in [2.45, 2.75) is 13.8 Å². The van der Waals surface area contributed by atoms with E-state index in [-0.39, 0.29) is 11.3 Å². The predicted octanol–water partition coefficient (Wildman–Crippen LogP) is 4.73. The van der Waals surface area contributed by atoms with Crippen LogP contribution in [0.15, 0.2) is 66.4 Å². The van der Waals surface area contributed by atoms with Gasteiger partial charge in [0.05, 0.1) is 32.6 Å². The number of para-hydroxylation sites is 1. The molecule has 7 nitrogen and oxygen atoms in total. The van der Waals surface area contributed by atoms with Gasteiger partial charge in [-0.1, -0.05) is 30.3 Å². The minimum absolute atomic E-state index is 0.155. The number of methoxy groups -OCH3 is 3. The van der Waals surface area contributed by atoms with Gasteiger partial charge in [0.25, 0.3) is 11.8 Å². The number of ether oxygens (including phenoxy) is 3. The van der Waals surface area contributed by atoms with Crippen LogP contribution in [0.25, 0.3) is 5.57 Å². The van der Waals surface area contributed by atoms with E-state index in [1.807, 2.05) is 32.0 Å². The number of carbonyl (C=O) groups is 2. The zero-order chi connectivity index (χ0) is 24.4. The van der Waals surface area contributed by atoms with Gasteiger partial charge in [-0.3, -0.25) is 9.59 Å². The highest BCUT2D eigenvalue weighted by Crippen LogP contribution is 2.39. The second kappa shape index (κ2) is 9.31. The predicted molar refractivity (Wildman–Crippen MR) is 131 cm³/mol. The molecule has 1 aliphatic rings. The Kier molecular flexibility index (Phi) is 6.27. The van der Waals surface area contributed by atoms with Gasteiger partial charge in [-0.05, 0) is 49.2 Å². The fourth-order valence-electron chi connectivity index (χ4n) is 4.00. The third-order valence-corrected chi connectivity index (χ3v) is 5.93. The normalized spacial score (nSPS) is 13.4. The number of carbonyl (C=O) groups excluding carboxylic acids is 2. The zero-order valence-electron chi connectivity index (χ0n) is 19.8. The number of hydrogen-bond donors (Lipinski definition) is 1. The molecule has 2 amide bonds. The molecule has 0 bridgehead atoms. The molecule has 0 spiro atoms. The van der Waals surface area contributed by atoms with E-state index in [0.29, 0.717) is 34.2 Å². The summed E-state index contributed by atoms with van der Waals surface area (Å²) in [7, 11) is 4.62. The van der Waals surface area contributed by atoms with Crippen molar-refractivity contribution in [1.29, 1.82) is 0 Å². The summed E-state index contributed by atoms with van der Waals surface area (Å²) >= 11 is 0. The number of benzene rings is 3. The van der Waals surface area contributed by atoms with Gasteiger partial charge >= 0.3 is 0 Å². The topological polar surface area (TPSA) is 77.1 Å². The van der Waals surface area contributed by atoms with Crippen LogP contribution in [-0.2, 0) is 9.59 Å². The lowest BCUT2D eigenvalue weighted by Crippen LogP contribution is -2.33. The highest BCUT2D eigenvalue weighted by Gasteiger charge is 2.41. The molecule has 0 aliphatic carbocycles. The highest BCUT2D eigenvalue weighted by atomic mass is 16.5. The quantitative estimate of drug-likeness (QED) is 0.516. The number of nitrogens with one attached hydrogen (secondary N) is 1. The molecule has 1 aliphatic heterocycles. The van der Waals surface area contributed by atoms with E-state index < -0.39 is 11.8 Å². The minimum Gasteiger partial charge on any atom is -0.496 e. The first-order valence-corrected chi connectivity index (χ1v) is 10.7. The molecule has 0 atom stereocenters. The van der Waals surface area contributed by atoms with Crippen LogP contribution in [0.2, 0.25) is 0 Å². The van der Waals surface area contributed by atoms with E-state index in [1.54, 1.807) is 49.6 Å². The lowest BCUT2D eigenvalue weighted by atomic mass is 10.0. The van der Waals surface area contributed by atoms with Crippen molar-refractivity contribution in [2.75, 3.05) is 31.5 Å². The smallest absolute Gasteiger partial charge is 0.282 e. The van der Waals surface area contributed by atoms with Crippen LogP contribution in [-0.4, -0.2) is 33.1 Å². The first kappa shape index (κ1) is 22.9. The summed E-state index contributed by atoms with van der Waals surface area (Å²) in [6, 6.07) is 17.9. The van der Waals surface area contributed by atoms with E-state index in [4.69, 9.17) is 14.2 Å².